The van der Waals surface area contributed by atoms with E-state index in [-0.39, 0.29) is 18.3 Å². The molecule has 0 radical (unpaired) electrons. The van der Waals surface area contributed by atoms with Crippen LogP contribution in [0.1, 0.15) is 11.3 Å². The van der Waals surface area contributed by atoms with Gasteiger partial charge in [0.2, 0.25) is 11.8 Å². The summed E-state index contributed by atoms with van der Waals surface area (Å²) in [6.07, 6.45) is 0.0351. The number of piperazine rings is 1. The fraction of sp³-hybridized carbons (Fsp3) is 0.292. The van der Waals surface area contributed by atoms with Crippen LogP contribution in [-0.4, -0.2) is 63.8 Å². The SMILES string of the molecule is Cc1cc(OC(=O)N2CCN(C(=O)C(N)Cc3ccccc3)CC2)n(-c2ccccc2)n1.Cl. The van der Waals surface area contributed by atoms with E-state index in [1.807, 2.05) is 67.6 Å². The number of aryl methyl sites for hydroxylation is 1. The van der Waals surface area contributed by atoms with Crippen LogP contribution in [0, 0.1) is 6.92 Å². The molecule has 3 aromatic rings. The average Bonchev–Trinajstić information content (AvgIpc) is 3.19. The Bertz CT molecular complexity index is 1070. The molecule has 9 heteroatoms. The highest BCUT2D eigenvalue weighted by Crippen LogP contribution is 2.20. The van der Waals surface area contributed by atoms with Crippen molar-refractivity contribution in [1.29, 1.82) is 0 Å². The zero-order chi connectivity index (χ0) is 22.5. The van der Waals surface area contributed by atoms with Gasteiger partial charge in [-0.3, -0.25) is 4.79 Å². The normalized spacial score (nSPS) is 14.4. The van der Waals surface area contributed by atoms with Crippen LogP contribution in [0.25, 0.3) is 5.69 Å². The van der Waals surface area contributed by atoms with Gasteiger partial charge in [0, 0.05) is 32.2 Å². The quantitative estimate of drug-likeness (QED) is 0.620. The van der Waals surface area contributed by atoms with Gasteiger partial charge in [-0.2, -0.15) is 5.10 Å². The minimum Gasteiger partial charge on any atom is -0.391 e. The fourth-order valence-corrected chi connectivity index (χ4v) is 3.76. The first kappa shape index (κ1) is 24.3. The minimum absolute atomic E-state index is 0. The molecule has 0 bridgehead atoms. The third-order valence-electron chi connectivity index (χ3n) is 5.46. The van der Waals surface area contributed by atoms with Crippen molar-refractivity contribution in [3.63, 3.8) is 0 Å². The lowest BCUT2D eigenvalue weighted by Gasteiger charge is -2.35. The number of nitrogens with zero attached hydrogens (tertiary/aromatic N) is 4. The Hall–Kier alpha value is -3.36. The van der Waals surface area contributed by atoms with Crippen LogP contribution in [0.3, 0.4) is 0 Å². The van der Waals surface area contributed by atoms with Crippen LogP contribution in [0.4, 0.5) is 4.79 Å². The molecule has 1 saturated heterocycles. The number of aromatic nitrogens is 2. The lowest BCUT2D eigenvalue weighted by atomic mass is 10.1. The van der Waals surface area contributed by atoms with Crippen molar-refractivity contribution in [2.24, 2.45) is 5.73 Å². The summed E-state index contributed by atoms with van der Waals surface area (Å²) in [4.78, 5) is 28.8. The van der Waals surface area contributed by atoms with Crippen LogP contribution in [0.5, 0.6) is 5.88 Å². The largest absolute Gasteiger partial charge is 0.416 e. The van der Waals surface area contributed by atoms with Crippen molar-refractivity contribution in [2.45, 2.75) is 19.4 Å². The van der Waals surface area contributed by atoms with Crippen molar-refractivity contribution in [2.75, 3.05) is 26.2 Å². The summed E-state index contributed by atoms with van der Waals surface area (Å²) >= 11 is 0. The maximum absolute atomic E-state index is 12.7. The average molecular weight is 470 g/mol. The predicted molar refractivity (Wildman–Crippen MR) is 128 cm³/mol. The molecule has 1 aliphatic rings. The van der Waals surface area contributed by atoms with E-state index in [1.54, 1.807) is 20.5 Å². The maximum Gasteiger partial charge on any atom is 0.416 e. The molecule has 1 unspecified atom stereocenters. The third kappa shape index (κ3) is 5.91. The second-order valence-electron chi connectivity index (χ2n) is 7.85. The van der Waals surface area contributed by atoms with Crippen molar-refractivity contribution in [3.05, 3.63) is 78.0 Å². The zero-order valence-corrected chi connectivity index (χ0v) is 19.3. The first-order valence-corrected chi connectivity index (χ1v) is 10.7. The molecule has 8 nitrogen and oxygen atoms in total. The molecular formula is C24H28ClN5O3. The number of ether oxygens (including phenoxy) is 1. The molecule has 0 spiro atoms. The summed E-state index contributed by atoms with van der Waals surface area (Å²) in [5, 5.41) is 4.42. The fourth-order valence-electron chi connectivity index (χ4n) is 3.76. The first-order chi connectivity index (χ1) is 15.5. The molecule has 2 N–H and O–H groups in total. The minimum atomic E-state index is -0.598. The molecule has 174 valence electrons. The van der Waals surface area contributed by atoms with Gasteiger partial charge in [-0.1, -0.05) is 48.5 Å². The summed E-state index contributed by atoms with van der Waals surface area (Å²) in [6, 6.07) is 20.4. The summed E-state index contributed by atoms with van der Waals surface area (Å²) in [5.74, 6) is 0.265. The molecule has 1 fully saturated rings. The molecule has 1 aromatic heterocycles. The Morgan fingerprint density at radius 3 is 2.18 bits per heavy atom. The monoisotopic (exact) mass is 469 g/mol. The molecule has 2 aromatic carbocycles. The molecule has 1 aliphatic heterocycles. The third-order valence-corrected chi connectivity index (χ3v) is 5.46. The Morgan fingerprint density at radius 1 is 0.970 bits per heavy atom. The highest BCUT2D eigenvalue weighted by Gasteiger charge is 2.28. The molecule has 1 atom stereocenters. The van der Waals surface area contributed by atoms with Crippen LogP contribution in [0.15, 0.2) is 66.7 Å². The van der Waals surface area contributed by atoms with E-state index in [1.165, 1.54) is 0 Å². The number of benzene rings is 2. The highest BCUT2D eigenvalue weighted by molar-refractivity contribution is 5.85. The van der Waals surface area contributed by atoms with Gasteiger partial charge in [0.15, 0.2) is 0 Å². The Labute approximate surface area is 199 Å². The van der Waals surface area contributed by atoms with Crippen LogP contribution < -0.4 is 10.5 Å². The van der Waals surface area contributed by atoms with Gasteiger partial charge >= 0.3 is 6.09 Å². The van der Waals surface area contributed by atoms with Crippen molar-refractivity contribution in [1.82, 2.24) is 19.6 Å². The van der Waals surface area contributed by atoms with E-state index in [2.05, 4.69) is 5.10 Å². The van der Waals surface area contributed by atoms with Crippen molar-refractivity contribution in [3.8, 4) is 11.6 Å². The molecule has 2 amide bonds. The Balaban J connectivity index is 0.00000306. The smallest absolute Gasteiger partial charge is 0.391 e. The van der Waals surface area contributed by atoms with Gasteiger partial charge < -0.3 is 20.3 Å². The van der Waals surface area contributed by atoms with E-state index in [9.17, 15) is 9.59 Å². The van der Waals surface area contributed by atoms with Gasteiger partial charge in [-0.15, -0.1) is 12.4 Å². The van der Waals surface area contributed by atoms with Crippen molar-refractivity contribution < 1.29 is 14.3 Å². The van der Waals surface area contributed by atoms with E-state index in [0.29, 0.717) is 38.5 Å². The van der Waals surface area contributed by atoms with Crippen molar-refractivity contribution >= 4 is 24.4 Å². The van der Waals surface area contributed by atoms with E-state index < -0.39 is 12.1 Å². The number of halogens is 1. The number of amides is 2. The standard InChI is InChI=1S/C24H27N5O3.ClH/c1-18-16-22(29(26-18)20-10-6-3-7-11-20)32-24(31)28-14-12-27(13-15-28)23(30)21(25)17-19-8-4-2-5-9-19;/h2-11,16,21H,12-15,17,25H2,1H3;1H. The molecule has 0 saturated carbocycles. The highest BCUT2D eigenvalue weighted by atomic mass is 35.5. The second-order valence-corrected chi connectivity index (χ2v) is 7.85. The van der Waals surface area contributed by atoms with Gasteiger partial charge in [0.1, 0.15) is 0 Å². The number of rotatable bonds is 5. The molecular weight excluding hydrogens is 442 g/mol. The zero-order valence-electron chi connectivity index (χ0n) is 18.5. The molecule has 4 rings (SSSR count). The number of hydrogen-bond donors (Lipinski definition) is 1. The van der Waals surface area contributed by atoms with Crippen LogP contribution >= 0.6 is 12.4 Å². The molecule has 0 aliphatic carbocycles. The van der Waals surface area contributed by atoms with Gasteiger partial charge in [0.25, 0.3) is 0 Å². The number of para-hydroxylation sites is 1. The lowest BCUT2D eigenvalue weighted by molar-refractivity contribution is -0.134. The van der Waals surface area contributed by atoms with Gasteiger partial charge in [-0.05, 0) is 31.0 Å². The lowest BCUT2D eigenvalue weighted by Crippen LogP contribution is -2.55. The summed E-state index contributed by atoms with van der Waals surface area (Å²) < 4.78 is 7.25. The summed E-state index contributed by atoms with van der Waals surface area (Å²) in [7, 11) is 0. The molecule has 2 heterocycles. The number of hydrogen-bond acceptors (Lipinski definition) is 5. The van der Waals surface area contributed by atoms with Gasteiger partial charge in [-0.25, -0.2) is 9.48 Å². The number of carbonyl (C=O) groups is 2. The Morgan fingerprint density at radius 2 is 1.55 bits per heavy atom. The van der Waals surface area contributed by atoms with E-state index in [4.69, 9.17) is 10.5 Å². The predicted octanol–water partition coefficient (Wildman–Crippen LogP) is 2.82. The molecule has 33 heavy (non-hydrogen) atoms. The number of nitrogens with two attached hydrogens (primary N) is 1. The summed E-state index contributed by atoms with van der Waals surface area (Å²) in [5.41, 5.74) is 8.73. The first-order valence-electron chi connectivity index (χ1n) is 10.7. The number of carbonyl (C=O) groups excluding carboxylic acids is 2. The summed E-state index contributed by atoms with van der Waals surface area (Å²) in [6.45, 7) is 3.48. The maximum atomic E-state index is 12.7. The van der Waals surface area contributed by atoms with E-state index in [0.717, 1.165) is 16.9 Å². The topological polar surface area (TPSA) is 93.7 Å². The Kier molecular flexibility index (Phi) is 8.08. The van der Waals surface area contributed by atoms with E-state index >= 15 is 0 Å². The van der Waals surface area contributed by atoms with Gasteiger partial charge in [0.05, 0.1) is 17.4 Å². The van der Waals surface area contributed by atoms with Crippen LogP contribution in [0.2, 0.25) is 0 Å². The van der Waals surface area contributed by atoms with Crippen LogP contribution in [-0.2, 0) is 11.2 Å². The second kappa shape index (κ2) is 11.0.